The number of amides is 1. The second-order valence-corrected chi connectivity index (χ2v) is 7.64. The molecule has 142 valence electrons. The number of carbonyl (C=O) groups is 1. The molecule has 1 heterocycles. The van der Waals surface area contributed by atoms with E-state index in [1.807, 2.05) is 0 Å². The van der Waals surface area contributed by atoms with Crippen LogP contribution in [0.2, 0.25) is 0 Å². The molecule has 0 bridgehead atoms. The summed E-state index contributed by atoms with van der Waals surface area (Å²) in [7, 11) is -2.16. The van der Waals surface area contributed by atoms with Crippen molar-refractivity contribution in [1.82, 2.24) is 15.4 Å². The molecule has 7 nitrogen and oxygen atoms in total. The Morgan fingerprint density at radius 3 is 2.80 bits per heavy atom. The molecule has 1 saturated heterocycles. The zero-order valence-electron chi connectivity index (χ0n) is 14.5. The molecule has 1 aliphatic rings. The lowest BCUT2D eigenvalue weighted by Crippen LogP contribution is -2.37. The van der Waals surface area contributed by atoms with Gasteiger partial charge in [0.15, 0.2) is 0 Å². The Kier molecular flexibility index (Phi) is 8.81. The summed E-state index contributed by atoms with van der Waals surface area (Å²) in [5, 5.41) is 6.19. The molecule has 1 aliphatic heterocycles. The van der Waals surface area contributed by atoms with Crippen molar-refractivity contribution in [2.24, 2.45) is 0 Å². The summed E-state index contributed by atoms with van der Waals surface area (Å²) in [6.45, 7) is 3.77. The molecule has 1 atom stereocenters. The minimum Gasteiger partial charge on any atom is -0.383 e. The van der Waals surface area contributed by atoms with Crippen molar-refractivity contribution in [2.75, 3.05) is 33.4 Å². The molecule has 1 aromatic carbocycles. The van der Waals surface area contributed by atoms with E-state index in [1.165, 1.54) is 19.2 Å². The predicted octanol–water partition coefficient (Wildman–Crippen LogP) is 0.823. The molecule has 1 aromatic rings. The Hall–Kier alpha value is -1.19. The smallest absolute Gasteiger partial charge is 0.251 e. The zero-order valence-corrected chi connectivity index (χ0v) is 16.1. The summed E-state index contributed by atoms with van der Waals surface area (Å²) in [4.78, 5) is 12.5. The molecule has 1 amide bonds. The van der Waals surface area contributed by atoms with Gasteiger partial charge in [0.25, 0.3) is 5.91 Å². The third kappa shape index (κ3) is 6.23. The van der Waals surface area contributed by atoms with Gasteiger partial charge in [-0.1, -0.05) is 6.07 Å². The average molecular weight is 392 g/mol. The third-order valence-electron chi connectivity index (χ3n) is 4.03. The topological polar surface area (TPSA) is 96.5 Å². The van der Waals surface area contributed by atoms with Crippen LogP contribution < -0.4 is 15.4 Å². The number of benzene rings is 1. The number of hydrogen-bond donors (Lipinski definition) is 3. The van der Waals surface area contributed by atoms with E-state index in [0.29, 0.717) is 12.1 Å². The van der Waals surface area contributed by atoms with Crippen LogP contribution in [0.15, 0.2) is 23.1 Å². The van der Waals surface area contributed by atoms with Gasteiger partial charge in [0.1, 0.15) is 0 Å². The first-order chi connectivity index (χ1) is 11.4. The van der Waals surface area contributed by atoms with Crippen molar-refractivity contribution < 1.29 is 17.9 Å². The number of aryl methyl sites for hydroxylation is 1. The van der Waals surface area contributed by atoms with Crippen LogP contribution in [0.4, 0.5) is 0 Å². The number of ether oxygens (including phenoxy) is 1. The van der Waals surface area contributed by atoms with Crippen LogP contribution in [0, 0.1) is 6.92 Å². The normalized spacial score (nSPS) is 17.1. The number of methoxy groups -OCH3 is 1. The number of nitrogens with one attached hydrogen (secondary N) is 3. The van der Waals surface area contributed by atoms with Gasteiger partial charge in [0.2, 0.25) is 10.0 Å². The number of rotatable bonds is 8. The van der Waals surface area contributed by atoms with E-state index in [2.05, 4.69) is 15.4 Å². The zero-order chi connectivity index (χ0) is 17.6. The van der Waals surface area contributed by atoms with Gasteiger partial charge in [-0.2, -0.15) is 0 Å². The Morgan fingerprint density at radius 2 is 2.16 bits per heavy atom. The highest BCUT2D eigenvalue weighted by Crippen LogP contribution is 2.16. The molecule has 3 N–H and O–H groups in total. The summed E-state index contributed by atoms with van der Waals surface area (Å²) in [5.41, 5.74) is 1.12. The fourth-order valence-corrected chi connectivity index (χ4v) is 3.66. The van der Waals surface area contributed by atoms with Crippen molar-refractivity contribution >= 4 is 28.3 Å². The van der Waals surface area contributed by atoms with Crippen LogP contribution in [-0.2, 0) is 14.8 Å². The van der Waals surface area contributed by atoms with Gasteiger partial charge in [-0.15, -0.1) is 12.4 Å². The minimum absolute atomic E-state index is 0. The summed E-state index contributed by atoms with van der Waals surface area (Å²) in [6, 6.07) is 4.85. The van der Waals surface area contributed by atoms with Gasteiger partial charge in [0.05, 0.1) is 11.5 Å². The molecule has 0 radical (unpaired) electrons. The fourth-order valence-electron chi connectivity index (χ4n) is 2.62. The van der Waals surface area contributed by atoms with Gasteiger partial charge in [-0.25, -0.2) is 13.1 Å². The molecule has 1 fully saturated rings. The van der Waals surface area contributed by atoms with Crippen molar-refractivity contribution in [3.8, 4) is 0 Å². The molecule has 1 unspecified atom stereocenters. The molecule has 0 spiro atoms. The summed E-state index contributed by atoms with van der Waals surface area (Å²) in [6.07, 6.45) is 2.15. The second kappa shape index (κ2) is 10.1. The van der Waals surface area contributed by atoms with Crippen molar-refractivity contribution in [3.05, 3.63) is 29.3 Å². The molecular formula is C16H26ClN3O4S. The van der Waals surface area contributed by atoms with E-state index >= 15 is 0 Å². The number of sulfonamides is 1. The highest BCUT2D eigenvalue weighted by atomic mass is 35.5. The van der Waals surface area contributed by atoms with Gasteiger partial charge >= 0.3 is 0 Å². The fraction of sp³-hybridized carbons (Fsp3) is 0.562. The van der Waals surface area contributed by atoms with Crippen LogP contribution >= 0.6 is 12.4 Å². The minimum atomic E-state index is -3.66. The lowest BCUT2D eigenvalue weighted by molar-refractivity contribution is 0.0949. The first-order valence-electron chi connectivity index (χ1n) is 8.05. The van der Waals surface area contributed by atoms with Crippen LogP contribution in [-0.4, -0.2) is 53.7 Å². The lowest BCUT2D eigenvalue weighted by atomic mass is 10.1. The molecule has 0 aromatic heterocycles. The monoisotopic (exact) mass is 391 g/mol. The number of carbonyl (C=O) groups excluding carboxylic acids is 1. The predicted molar refractivity (Wildman–Crippen MR) is 98.8 cm³/mol. The summed E-state index contributed by atoms with van der Waals surface area (Å²) in [5.74, 6) is -0.254. The van der Waals surface area contributed by atoms with E-state index in [9.17, 15) is 13.2 Å². The molecular weight excluding hydrogens is 366 g/mol. The Balaban J connectivity index is 0.00000312. The maximum atomic E-state index is 12.4. The van der Waals surface area contributed by atoms with Gasteiger partial charge in [-0.3, -0.25) is 4.79 Å². The van der Waals surface area contributed by atoms with Crippen molar-refractivity contribution in [2.45, 2.75) is 30.7 Å². The van der Waals surface area contributed by atoms with Crippen LogP contribution in [0.3, 0.4) is 0 Å². The Morgan fingerprint density at radius 1 is 1.40 bits per heavy atom. The van der Waals surface area contributed by atoms with Crippen molar-refractivity contribution in [1.29, 1.82) is 0 Å². The van der Waals surface area contributed by atoms with E-state index in [0.717, 1.165) is 24.9 Å². The standard InChI is InChI=1S/C16H25N3O4S.ClH/c1-12-5-6-14(24(21,22)19-8-9-23-2)10-15(12)16(20)18-11-13-4-3-7-17-13;/h5-6,10,13,17,19H,3-4,7-9,11H2,1-2H3,(H,18,20);1H. The molecule has 25 heavy (non-hydrogen) atoms. The SMILES string of the molecule is COCCNS(=O)(=O)c1ccc(C)c(C(=O)NCC2CCCN2)c1.Cl. The Labute approximate surface area is 155 Å². The molecule has 2 rings (SSSR count). The van der Waals surface area contributed by atoms with Gasteiger partial charge < -0.3 is 15.4 Å². The number of hydrogen-bond acceptors (Lipinski definition) is 5. The number of halogens is 1. The molecule has 0 saturated carbocycles. The maximum Gasteiger partial charge on any atom is 0.251 e. The van der Waals surface area contributed by atoms with E-state index in [1.54, 1.807) is 13.0 Å². The first-order valence-corrected chi connectivity index (χ1v) is 9.53. The summed E-state index contributed by atoms with van der Waals surface area (Å²) >= 11 is 0. The third-order valence-corrected chi connectivity index (χ3v) is 5.49. The largest absolute Gasteiger partial charge is 0.383 e. The van der Waals surface area contributed by atoms with E-state index < -0.39 is 10.0 Å². The van der Waals surface area contributed by atoms with E-state index in [4.69, 9.17) is 4.74 Å². The van der Waals surface area contributed by atoms with E-state index in [-0.39, 0.29) is 42.4 Å². The second-order valence-electron chi connectivity index (χ2n) is 5.87. The highest BCUT2D eigenvalue weighted by molar-refractivity contribution is 7.89. The summed E-state index contributed by atoms with van der Waals surface area (Å²) < 4.78 is 31.8. The highest BCUT2D eigenvalue weighted by Gasteiger charge is 2.19. The van der Waals surface area contributed by atoms with Gasteiger partial charge in [-0.05, 0) is 44.0 Å². The van der Waals surface area contributed by atoms with Crippen molar-refractivity contribution in [3.63, 3.8) is 0 Å². The lowest BCUT2D eigenvalue weighted by Gasteiger charge is -2.14. The molecule has 9 heteroatoms. The first kappa shape index (κ1) is 21.9. The Bertz CT molecular complexity index is 676. The van der Waals surface area contributed by atoms with Gasteiger partial charge in [0, 0.05) is 31.8 Å². The average Bonchev–Trinajstić information content (AvgIpc) is 3.06. The molecule has 0 aliphatic carbocycles. The van der Waals surface area contributed by atoms with Crippen LogP contribution in [0.1, 0.15) is 28.8 Å². The maximum absolute atomic E-state index is 12.4. The quantitative estimate of drug-likeness (QED) is 0.570. The van der Waals surface area contributed by atoms with Crippen LogP contribution in [0.25, 0.3) is 0 Å². The van der Waals surface area contributed by atoms with Crippen LogP contribution in [0.5, 0.6) is 0 Å².